The van der Waals surface area contributed by atoms with Crippen molar-refractivity contribution in [3.05, 3.63) is 29.3 Å². The molecule has 3 atom stereocenters. The predicted molar refractivity (Wildman–Crippen MR) is 88.8 cm³/mol. The molecule has 0 spiro atoms. The van der Waals surface area contributed by atoms with Crippen LogP contribution in [-0.4, -0.2) is 18.5 Å². The first-order valence-electron chi connectivity index (χ1n) is 8.22. The summed E-state index contributed by atoms with van der Waals surface area (Å²) >= 11 is 0. The van der Waals surface area contributed by atoms with Gasteiger partial charge in [0.2, 0.25) is 0 Å². The van der Waals surface area contributed by atoms with Gasteiger partial charge in [-0.25, -0.2) is 0 Å². The van der Waals surface area contributed by atoms with Gasteiger partial charge in [-0.15, -0.1) is 0 Å². The third-order valence-electron chi connectivity index (χ3n) is 4.92. The van der Waals surface area contributed by atoms with Crippen LogP contribution >= 0.6 is 0 Å². The number of aryl methyl sites for hydroxylation is 1. The number of benzene rings is 1. The first-order valence-corrected chi connectivity index (χ1v) is 8.22. The van der Waals surface area contributed by atoms with E-state index in [9.17, 15) is 4.79 Å². The lowest BCUT2D eigenvalue weighted by atomic mass is 9.93. The highest BCUT2D eigenvalue weighted by molar-refractivity contribution is 5.95. The summed E-state index contributed by atoms with van der Waals surface area (Å²) in [5.74, 6) is 1.41. The number of rotatable bonds is 5. The fraction of sp³-hybridized carbons (Fsp3) is 0.611. The van der Waals surface area contributed by atoms with E-state index in [-0.39, 0.29) is 5.91 Å². The molecule has 116 valence electrons. The van der Waals surface area contributed by atoms with Crippen LogP contribution in [0.3, 0.4) is 0 Å². The minimum absolute atomic E-state index is 0.0646. The molecule has 3 unspecified atom stereocenters. The van der Waals surface area contributed by atoms with Gasteiger partial charge in [0.05, 0.1) is 0 Å². The minimum atomic E-state index is 0.0646. The molecule has 1 saturated carbocycles. The largest absolute Gasteiger partial charge is 0.385 e. The zero-order valence-corrected chi connectivity index (χ0v) is 13.7. The zero-order valence-electron chi connectivity index (χ0n) is 13.7. The first-order chi connectivity index (χ1) is 10.1. The van der Waals surface area contributed by atoms with E-state index in [2.05, 4.69) is 31.4 Å². The van der Waals surface area contributed by atoms with Crippen molar-refractivity contribution in [2.24, 2.45) is 11.8 Å². The average Bonchev–Trinajstić information content (AvgIpc) is 2.82. The quantitative estimate of drug-likeness (QED) is 0.860. The van der Waals surface area contributed by atoms with Crippen molar-refractivity contribution >= 4 is 11.6 Å². The molecule has 2 rings (SSSR count). The van der Waals surface area contributed by atoms with Crippen LogP contribution in [0.4, 0.5) is 5.69 Å². The summed E-state index contributed by atoms with van der Waals surface area (Å²) in [5, 5.41) is 6.53. The smallest absolute Gasteiger partial charge is 0.251 e. The van der Waals surface area contributed by atoms with Crippen LogP contribution < -0.4 is 10.6 Å². The number of hydrogen-bond acceptors (Lipinski definition) is 2. The van der Waals surface area contributed by atoms with Crippen molar-refractivity contribution in [3.8, 4) is 0 Å². The van der Waals surface area contributed by atoms with Crippen LogP contribution in [0.15, 0.2) is 18.2 Å². The van der Waals surface area contributed by atoms with Crippen LogP contribution in [0.25, 0.3) is 0 Å². The highest BCUT2D eigenvalue weighted by Gasteiger charge is 2.32. The first kappa shape index (κ1) is 15.9. The second-order valence-electron chi connectivity index (χ2n) is 6.24. The standard InChI is InChI=1S/C18H28N2O/c1-5-14-7-10-17(13(14)4)20-18(21)15-8-9-16(19-6-2)12(3)11-15/h8-9,11,13-14,17,19H,5-7,10H2,1-4H3,(H,20,21). The monoisotopic (exact) mass is 288 g/mol. The summed E-state index contributed by atoms with van der Waals surface area (Å²) in [6.07, 6.45) is 3.56. The summed E-state index contributed by atoms with van der Waals surface area (Å²) in [7, 11) is 0. The van der Waals surface area contributed by atoms with Crippen LogP contribution in [0.1, 0.15) is 56.0 Å². The molecule has 3 heteroatoms. The van der Waals surface area contributed by atoms with Crippen molar-refractivity contribution in [3.63, 3.8) is 0 Å². The Morgan fingerprint density at radius 1 is 1.29 bits per heavy atom. The van der Waals surface area contributed by atoms with Gasteiger partial charge in [-0.05, 0) is 62.3 Å². The van der Waals surface area contributed by atoms with Crippen LogP contribution in [0.2, 0.25) is 0 Å². The summed E-state index contributed by atoms with van der Waals surface area (Å²) in [6, 6.07) is 6.22. The fourth-order valence-electron chi connectivity index (χ4n) is 3.47. The van der Waals surface area contributed by atoms with E-state index in [1.807, 2.05) is 25.1 Å². The molecule has 1 aromatic carbocycles. The fourth-order valence-corrected chi connectivity index (χ4v) is 3.47. The number of amides is 1. The topological polar surface area (TPSA) is 41.1 Å². The van der Waals surface area contributed by atoms with E-state index in [1.165, 1.54) is 12.8 Å². The minimum Gasteiger partial charge on any atom is -0.385 e. The highest BCUT2D eigenvalue weighted by Crippen LogP contribution is 2.34. The van der Waals surface area contributed by atoms with Gasteiger partial charge in [0.25, 0.3) is 5.91 Å². The van der Waals surface area contributed by atoms with Gasteiger partial charge in [0.15, 0.2) is 0 Å². The second-order valence-corrected chi connectivity index (χ2v) is 6.24. The van der Waals surface area contributed by atoms with Crippen molar-refractivity contribution in [2.45, 2.75) is 53.0 Å². The summed E-state index contributed by atoms with van der Waals surface area (Å²) in [6.45, 7) is 9.52. The Labute approximate surface area is 128 Å². The van der Waals surface area contributed by atoms with Crippen LogP contribution in [0, 0.1) is 18.8 Å². The van der Waals surface area contributed by atoms with Crippen LogP contribution in [0.5, 0.6) is 0 Å². The van der Waals surface area contributed by atoms with Crippen molar-refractivity contribution < 1.29 is 4.79 Å². The molecule has 1 aromatic rings. The number of carbonyl (C=O) groups excluding carboxylic acids is 1. The molecule has 21 heavy (non-hydrogen) atoms. The Hall–Kier alpha value is -1.51. The summed E-state index contributed by atoms with van der Waals surface area (Å²) in [5.41, 5.74) is 2.99. The van der Waals surface area contributed by atoms with Gasteiger partial charge in [0, 0.05) is 23.8 Å². The molecule has 1 aliphatic carbocycles. The van der Waals surface area contributed by atoms with E-state index in [1.54, 1.807) is 0 Å². The zero-order chi connectivity index (χ0) is 15.4. The lowest BCUT2D eigenvalue weighted by molar-refractivity contribution is 0.0926. The molecule has 1 aliphatic rings. The number of hydrogen-bond donors (Lipinski definition) is 2. The molecule has 0 aromatic heterocycles. The molecule has 0 radical (unpaired) electrons. The van der Waals surface area contributed by atoms with E-state index < -0.39 is 0 Å². The molecule has 0 aliphatic heterocycles. The summed E-state index contributed by atoms with van der Waals surface area (Å²) < 4.78 is 0. The van der Waals surface area contributed by atoms with Crippen molar-refractivity contribution in [2.75, 3.05) is 11.9 Å². The normalized spacial score (nSPS) is 24.9. The number of nitrogens with one attached hydrogen (secondary N) is 2. The number of carbonyl (C=O) groups is 1. The molecule has 1 fully saturated rings. The Balaban J connectivity index is 2.02. The van der Waals surface area contributed by atoms with Gasteiger partial charge < -0.3 is 10.6 Å². The second kappa shape index (κ2) is 6.97. The Bertz CT molecular complexity index is 498. The van der Waals surface area contributed by atoms with Crippen LogP contribution in [-0.2, 0) is 0 Å². The van der Waals surface area contributed by atoms with Crippen molar-refractivity contribution in [1.29, 1.82) is 0 Å². The van der Waals surface area contributed by atoms with Crippen molar-refractivity contribution in [1.82, 2.24) is 5.32 Å². The predicted octanol–water partition coefficient (Wildman–Crippen LogP) is 3.98. The van der Waals surface area contributed by atoms with Gasteiger partial charge in [0.1, 0.15) is 0 Å². The molecule has 1 amide bonds. The van der Waals surface area contributed by atoms with Gasteiger partial charge >= 0.3 is 0 Å². The maximum atomic E-state index is 12.4. The molecule has 0 bridgehead atoms. The lowest BCUT2D eigenvalue weighted by Gasteiger charge is -2.21. The third kappa shape index (κ3) is 3.58. The van der Waals surface area contributed by atoms with Gasteiger partial charge in [-0.1, -0.05) is 20.3 Å². The molecular formula is C18H28N2O. The molecule has 0 saturated heterocycles. The van der Waals surface area contributed by atoms with E-state index in [4.69, 9.17) is 0 Å². The molecule has 0 heterocycles. The maximum absolute atomic E-state index is 12.4. The van der Waals surface area contributed by atoms with Gasteiger partial charge in [-0.2, -0.15) is 0 Å². The molecule has 3 nitrogen and oxygen atoms in total. The lowest BCUT2D eigenvalue weighted by Crippen LogP contribution is -2.37. The Kier molecular flexibility index (Phi) is 5.27. The maximum Gasteiger partial charge on any atom is 0.251 e. The van der Waals surface area contributed by atoms with Gasteiger partial charge in [-0.3, -0.25) is 4.79 Å². The van der Waals surface area contributed by atoms with E-state index in [0.29, 0.717) is 12.0 Å². The SMILES string of the molecule is CCNc1ccc(C(=O)NC2CCC(CC)C2C)cc1C. The average molecular weight is 288 g/mol. The highest BCUT2D eigenvalue weighted by atomic mass is 16.1. The Morgan fingerprint density at radius 2 is 2.05 bits per heavy atom. The Morgan fingerprint density at radius 3 is 2.62 bits per heavy atom. The molecule has 2 N–H and O–H groups in total. The third-order valence-corrected chi connectivity index (χ3v) is 4.92. The number of anilines is 1. The van der Waals surface area contributed by atoms with E-state index >= 15 is 0 Å². The van der Waals surface area contributed by atoms with E-state index in [0.717, 1.165) is 35.7 Å². The molecular weight excluding hydrogens is 260 g/mol. The summed E-state index contributed by atoms with van der Waals surface area (Å²) in [4.78, 5) is 12.4.